The zero-order valence-corrected chi connectivity index (χ0v) is 16.2. The lowest BCUT2D eigenvalue weighted by atomic mass is 9.93. The van der Waals surface area contributed by atoms with Crippen molar-refractivity contribution in [2.45, 2.75) is 25.6 Å². The van der Waals surface area contributed by atoms with Crippen molar-refractivity contribution in [3.63, 3.8) is 0 Å². The van der Waals surface area contributed by atoms with Crippen LogP contribution in [0.1, 0.15) is 25.9 Å². The topological polar surface area (TPSA) is 101 Å². The van der Waals surface area contributed by atoms with Gasteiger partial charge in [0.1, 0.15) is 10.8 Å². The number of aromatic nitrogens is 2. The number of benzene rings is 2. The number of anilines is 1. The minimum absolute atomic E-state index is 0.192. The van der Waals surface area contributed by atoms with Gasteiger partial charge in [-0.15, -0.1) is 10.2 Å². The van der Waals surface area contributed by atoms with Crippen molar-refractivity contribution in [2.24, 2.45) is 5.73 Å². The molecule has 0 saturated heterocycles. The van der Waals surface area contributed by atoms with Gasteiger partial charge in [-0.2, -0.15) is 0 Å². The Morgan fingerprint density at radius 3 is 2.59 bits per heavy atom. The fraction of sp³-hybridized carbons (Fsp3) is 0.200. The third-order valence-electron chi connectivity index (χ3n) is 4.78. The molecule has 4 rings (SSSR count). The number of fused-ring (bicyclic) bond motifs is 1. The Labute approximate surface area is 170 Å². The van der Waals surface area contributed by atoms with Crippen LogP contribution in [0.2, 0.25) is 0 Å². The van der Waals surface area contributed by atoms with E-state index < -0.39 is 17.9 Å². The first-order valence-electron chi connectivity index (χ1n) is 8.99. The molecule has 2 aromatic carbocycles. The Bertz CT molecular complexity index is 1050. The van der Waals surface area contributed by atoms with Crippen LogP contribution in [0.15, 0.2) is 48.5 Å². The molecule has 1 atom stereocenters. The second-order valence-electron chi connectivity index (χ2n) is 6.76. The monoisotopic (exact) mass is 411 g/mol. The van der Waals surface area contributed by atoms with Gasteiger partial charge in [0.15, 0.2) is 0 Å². The molecule has 3 aromatic rings. The summed E-state index contributed by atoms with van der Waals surface area (Å²) in [7, 11) is 0. The maximum Gasteiger partial charge on any atom is 0.286 e. The maximum absolute atomic E-state index is 13.0. The van der Waals surface area contributed by atoms with Crippen LogP contribution >= 0.6 is 11.3 Å². The Morgan fingerprint density at radius 1 is 1.14 bits per heavy atom. The Morgan fingerprint density at radius 2 is 1.86 bits per heavy atom. The molecular weight excluding hydrogens is 393 g/mol. The molecule has 29 heavy (non-hydrogen) atoms. The van der Waals surface area contributed by atoms with Crippen molar-refractivity contribution in [2.75, 3.05) is 5.32 Å². The second kappa shape index (κ2) is 8.06. The van der Waals surface area contributed by atoms with E-state index in [1.54, 1.807) is 0 Å². The molecule has 1 aliphatic rings. The van der Waals surface area contributed by atoms with Gasteiger partial charge in [-0.1, -0.05) is 35.6 Å². The van der Waals surface area contributed by atoms with Gasteiger partial charge in [0.25, 0.3) is 5.91 Å². The first-order chi connectivity index (χ1) is 14.0. The first kappa shape index (κ1) is 19.2. The lowest BCUT2D eigenvalue weighted by molar-refractivity contribution is -0.124. The SMILES string of the molecule is NC(=O)[C@H]1Cc2ccccc2CN1Cc1nnc(C(=O)Nc2ccc(F)cc2)s1. The normalized spacial score (nSPS) is 16.2. The summed E-state index contributed by atoms with van der Waals surface area (Å²) in [4.78, 5) is 26.3. The predicted octanol–water partition coefficient (Wildman–Crippen LogP) is 2.34. The molecular formula is C20H18FN5O2S. The average Bonchev–Trinajstić information content (AvgIpc) is 3.18. The summed E-state index contributed by atoms with van der Waals surface area (Å²) in [5, 5.41) is 11.5. The highest BCUT2D eigenvalue weighted by Gasteiger charge is 2.30. The molecule has 2 amide bonds. The van der Waals surface area contributed by atoms with Gasteiger partial charge in [0.2, 0.25) is 10.9 Å². The maximum atomic E-state index is 13.0. The van der Waals surface area contributed by atoms with Crippen molar-refractivity contribution in [1.82, 2.24) is 15.1 Å². The quantitative estimate of drug-likeness (QED) is 0.671. The van der Waals surface area contributed by atoms with Gasteiger partial charge in [-0.05, 0) is 41.8 Å². The van der Waals surface area contributed by atoms with Crippen LogP contribution < -0.4 is 11.1 Å². The first-order valence-corrected chi connectivity index (χ1v) is 9.80. The van der Waals surface area contributed by atoms with E-state index in [2.05, 4.69) is 15.5 Å². The zero-order valence-electron chi connectivity index (χ0n) is 15.3. The number of hydrogen-bond acceptors (Lipinski definition) is 6. The summed E-state index contributed by atoms with van der Waals surface area (Å²) in [6.07, 6.45) is 0.544. The smallest absolute Gasteiger partial charge is 0.286 e. The average molecular weight is 411 g/mol. The number of nitrogens with two attached hydrogens (primary N) is 1. The molecule has 0 saturated carbocycles. The molecule has 1 aromatic heterocycles. The predicted molar refractivity (Wildman–Crippen MR) is 107 cm³/mol. The number of nitrogens with zero attached hydrogens (tertiary/aromatic N) is 3. The van der Waals surface area contributed by atoms with E-state index in [1.807, 2.05) is 29.2 Å². The largest absolute Gasteiger partial charge is 0.368 e. The van der Waals surface area contributed by atoms with Crippen molar-refractivity contribution in [3.05, 3.63) is 75.5 Å². The van der Waals surface area contributed by atoms with Crippen LogP contribution in [0.5, 0.6) is 0 Å². The van der Waals surface area contributed by atoms with E-state index in [4.69, 9.17) is 5.73 Å². The van der Waals surface area contributed by atoms with Gasteiger partial charge < -0.3 is 11.1 Å². The van der Waals surface area contributed by atoms with E-state index in [0.29, 0.717) is 30.2 Å². The van der Waals surface area contributed by atoms with Crippen LogP contribution in [-0.4, -0.2) is 33.0 Å². The van der Waals surface area contributed by atoms with E-state index in [1.165, 1.54) is 24.3 Å². The van der Waals surface area contributed by atoms with Gasteiger partial charge in [-0.3, -0.25) is 14.5 Å². The third-order valence-corrected chi connectivity index (χ3v) is 5.68. The Kier molecular flexibility index (Phi) is 5.32. The molecule has 0 radical (unpaired) electrons. The molecule has 0 fully saturated rings. The van der Waals surface area contributed by atoms with Crippen LogP contribution in [0.4, 0.5) is 10.1 Å². The molecule has 0 unspecified atom stereocenters. The molecule has 3 N–H and O–H groups in total. The zero-order chi connectivity index (χ0) is 20.4. The van der Waals surface area contributed by atoms with Crippen molar-refractivity contribution < 1.29 is 14.0 Å². The lowest BCUT2D eigenvalue weighted by Gasteiger charge is -2.34. The van der Waals surface area contributed by atoms with Crippen molar-refractivity contribution in [1.29, 1.82) is 0 Å². The molecule has 2 heterocycles. The second-order valence-corrected chi connectivity index (χ2v) is 7.82. The van der Waals surface area contributed by atoms with Crippen molar-refractivity contribution >= 4 is 28.8 Å². The number of hydrogen-bond donors (Lipinski definition) is 2. The molecule has 0 spiro atoms. The minimum Gasteiger partial charge on any atom is -0.368 e. The van der Waals surface area contributed by atoms with E-state index in [0.717, 1.165) is 22.5 Å². The molecule has 1 aliphatic heterocycles. The van der Waals surface area contributed by atoms with Crippen LogP contribution in [0.25, 0.3) is 0 Å². The third kappa shape index (κ3) is 4.30. The standard InChI is InChI=1S/C20H18FN5O2S/c21-14-5-7-15(8-6-14)23-19(28)20-25-24-17(29-20)11-26-10-13-4-2-1-3-12(13)9-16(26)18(22)27/h1-8,16H,9-11H2,(H2,22,27)(H,23,28)/t16-/m1/s1. The van der Waals surface area contributed by atoms with E-state index in [-0.39, 0.29) is 10.8 Å². The fourth-order valence-corrected chi connectivity index (χ4v) is 4.09. The highest BCUT2D eigenvalue weighted by molar-refractivity contribution is 7.13. The summed E-state index contributed by atoms with van der Waals surface area (Å²) in [5.41, 5.74) is 8.34. The number of nitrogens with one attached hydrogen (secondary N) is 1. The minimum atomic E-state index is -0.440. The highest BCUT2D eigenvalue weighted by Crippen LogP contribution is 2.26. The summed E-state index contributed by atoms with van der Waals surface area (Å²) < 4.78 is 13.0. The number of amides is 2. The fourth-order valence-electron chi connectivity index (χ4n) is 3.32. The van der Waals surface area contributed by atoms with Crippen LogP contribution in [0, 0.1) is 5.82 Å². The van der Waals surface area contributed by atoms with Gasteiger partial charge in [-0.25, -0.2) is 4.39 Å². The summed E-state index contributed by atoms with van der Waals surface area (Å²) in [5.74, 6) is -1.19. The highest BCUT2D eigenvalue weighted by atomic mass is 32.1. The Hall–Kier alpha value is -3.17. The molecule has 9 heteroatoms. The van der Waals surface area contributed by atoms with Crippen LogP contribution in [0.3, 0.4) is 0 Å². The number of primary amides is 1. The Balaban J connectivity index is 1.47. The van der Waals surface area contributed by atoms with E-state index >= 15 is 0 Å². The number of halogens is 1. The van der Waals surface area contributed by atoms with E-state index in [9.17, 15) is 14.0 Å². The number of rotatable bonds is 5. The molecule has 0 bridgehead atoms. The van der Waals surface area contributed by atoms with Gasteiger partial charge >= 0.3 is 0 Å². The molecule has 7 nitrogen and oxygen atoms in total. The summed E-state index contributed by atoms with van der Waals surface area (Å²) >= 11 is 1.15. The molecule has 148 valence electrons. The summed E-state index contributed by atoms with van der Waals surface area (Å²) in [6, 6.07) is 13.0. The van der Waals surface area contributed by atoms with Gasteiger partial charge in [0.05, 0.1) is 12.6 Å². The van der Waals surface area contributed by atoms with Gasteiger partial charge in [0, 0.05) is 12.2 Å². The van der Waals surface area contributed by atoms with Crippen LogP contribution in [-0.2, 0) is 24.3 Å². The lowest BCUT2D eigenvalue weighted by Crippen LogP contribution is -2.48. The molecule has 0 aliphatic carbocycles. The number of carbonyl (C=O) groups excluding carboxylic acids is 2. The number of carbonyl (C=O) groups is 2. The van der Waals surface area contributed by atoms with Crippen molar-refractivity contribution in [3.8, 4) is 0 Å². The summed E-state index contributed by atoms with van der Waals surface area (Å²) in [6.45, 7) is 0.934.